The smallest absolute Gasteiger partial charge is 0.242 e. The average molecular weight is 210 g/mol. The molecule has 0 aliphatic carbocycles. The molecule has 0 aliphatic heterocycles. The number of hydrogen-bond donors (Lipinski definition) is 2. The minimum atomic E-state index is -0.468. The molecule has 1 heterocycles. The predicted molar refractivity (Wildman–Crippen MR) is 59.3 cm³/mol. The number of aromatic nitrogens is 2. The summed E-state index contributed by atoms with van der Waals surface area (Å²) in [5.41, 5.74) is 5.80. The summed E-state index contributed by atoms with van der Waals surface area (Å²) in [6.07, 6.45) is 2.52. The van der Waals surface area contributed by atoms with Gasteiger partial charge < -0.3 is 11.1 Å². The summed E-state index contributed by atoms with van der Waals surface area (Å²) in [5, 5.41) is 6.70. The highest BCUT2D eigenvalue weighted by atomic mass is 16.2. The van der Waals surface area contributed by atoms with Crippen molar-refractivity contribution >= 4 is 11.7 Å². The van der Waals surface area contributed by atoms with Crippen LogP contribution in [0.5, 0.6) is 0 Å². The van der Waals surface area contributed by atoms with E-state index in [1.807, 2.05) is 13.8 Å². The third-order valence-corrected chi connectivity index (χ3v) is 2.63. The van der Waals surface area contributed by atoms with Gasteiger partial charge in [0.2, 0.25) is 5.91 Å². The maximum atomic E-state index is 11.7. The van der Waals surface area contributed by atoms with E-state index >= 15 is 0 Å². The first-order chi connectivity index (χ1) is 7.06. The van der Waals surface area contributed by atoms with E-state index < -0.39 is 6.04 Å². The van der Waals surface area contributed by atoms with E-state index in [1.165, 1.54) is 0 Å². The van der Waals surface area contributed by atoms with Crippen LogP contribution in [-0.4, -0.2) is 21.7 Å². The lowest BCUT2D eigenvalue weighted by molar-refractivity contribution is -0.118. The monoisotopic (exact) mass is 210 g/mol. The Kier molecular flexibility index (Phi) is 3.85. The number of anilines is 1. The van der Waals surface area contributed by atoms with E-state index in [-0.39, 0.29) is 11.8 Å². The molecule has 5 heteroatoms. The molecule has 2 atom stereocenters. The molecule has 0 radical (unpaired) electrons. The first kappa shape index (κ1) is 11.7. The molecule has 0 spiro atoms. The second kappa shape index (κ2) is 4.93. The van der Waals surface area contributed by atoms with Crippen molar-refractivity contribution in [2.45, 2.75) is 26.3 Å². The molecule has 5 nitrogen and oxygen atoms in total. The molecule has 1 rings (SSSR count). The molecule has 1 amide bonds. The number of amides is 1. The van der Waals surface area contributed by atoms with Gasteiger partial charge in [-0.2, -0.15) is 5.10 Å². The van der Waals surface area contributed by atoms with Gasteiger partial charge in [0.05, 0.1) is 12.2 Å². The van der Waals surface area contributed by atoms with E-state index in [9.17, 15) is 4.79 Å². The van der Waals surface area contributed by atoms with Gasteiger partial charge in [-0.25, -0.2) is 0 Å². The Bertz CT molecular complexity index is 334. The quantitative estimate of drug-likeness (QED) is 0.769. The second-order valence-corrected chi connectivity index (χ2v) is 3.74. The Labute approximate surface area is 89.6 Å². The van der Waals surface area contributed by atoms with Crippen molar-refractivity contribution in [2.24, 2.45) is 18.7 Å². The van der Waals surface area contributed by atoms with Gasteiger partial charge >= 0.3 is 0 Å². The summed E-state index contributed by atoms with van der Waals surface area (Å²) in [5.74, 6) is 0.685. The zero-order valence-corrected chi connectivity index (χ0v) is 9.40. The Balaban J connectivity index is 2.60. The standard InChI is InChI=1S/C10H18N4O/c1-4-7(2)9(11)10(15)13-8-5-6-12-14(8)3/h5-7,9H,4,11H2,1-3H3,(H,13,15)/t7?,9-/m0/s1. The molecular weight excluding hydrogens is 192 g/mol. The van der Waals surface area contributed by atoms with Crippen LogP contribution in [-0.2, 0) is 11.8 Å². The molecule has 1 aromatic rings. The molecule has 1 aromatic heterocycles. The van der Waals surface area contributed by atoms with Crippen LogP contribution in [0.15, 0.2) is 12.3 Å². The number of carbonyl (C=O) groups excluding carboxylic acids is 1. The molecule has 3 N–H and O–H groups in total. The first-order valence-electron chi connectivity index (χ1n) is 5.10. The van der Waals surface area contributed by atoms with Crippen LogP contribution in [0.3, 0.4) is 0 Å². The fourth-order valence-corrected chi connectivity index (χ4v) is 1.22. The van der Waals surface area contributed by atoms with Crippen molar-refractivity contribution in [1.82, 2.24) is 9.78 Å². The van der Waals surface area contributed by atoms with Crippen LogP contribution >= 0.6 is 0 Å². The molecule has 0 saturated carbocycles. The summed E-state index contributed by atoms with van der Waals surface area (Å²) in [4.78, 5) is 11.7. The average Bonchev–Trinajstić information content (AvgIpc) is 2.62. The number of nitrogens with one attached hydrogen (secondary N) is 1. The molecule has 0 bridgehead atoms. The zero-order valence-electron chi connectivity index (χ0n) is 9.40. The zero-order chi connectivity index (χ0) is 11.4. The summed E-state index contributed by atoms with van der Waals surface area (Å²) in [6, 6.07) is 1.27. The Morgan fingerprint density at radius 1 is 1.73 bits per heavy atom. The van der Waals surface area contributed by atoms with Gasteiger partial charge in [-0.05, 0) is 5.92 Å². The van der Waals surface area contributed by atoms with Crippen LogP contribution < -0.4 is 11.1 Å². The third kappa shape index (κ3) is 2.79. The predicted octanol–water partition coefficient (Wildman–Crippen LogP) is 0.732. The van der Waals surface area contributed by atoms with E-state index in [1.54, 1.807) is 24.0 Å². The van der Waals surface area contributed by atoms with Gasteiger partial charge in [0, 0.05) is 13.1 Å². The third-order valence-electron chi connectivity index (χ3n) is 2.63. The number of carbonyl (C=O) groups is 1. The summed E-state index contributed by atoms with van der Waals surface area (Å²) >= 11 is 0. The maximum absolute atomic E-state index is 11.7. The molecule has 84 valence electrons. The van der Waals surface area contributed by atoms with Crippen LogP contribution in [0.2, 0.25) is 0 Å². The summed E-state index contributed by atoms with van der Waals surface area (Å²) in [6.45, 7) is 3.98. The van der Waals surface area contributed by atoms with E-state index in [0.717, 1.165) is 6.42 Å². The van der Waals surface area contributed by atoms with Crippen molar-refractivity contribution in [1.29, 1.82) is 0 Å². The minimum absolute atomic E-state index is 0.159. The highest BCUT2D eigenvalue weighted by Gasteiger charge is 2.19. The van der Waals surface area contributed by atoms with Gasteiger partial charge in [0.25, 0.3) is 0 Å². The number of nitrogens with zero attached hydrogens (tertiary/aromatic N) is 2. The lowest BCUT2D eigenvalue weighted by Gasteiger charge is -2.17. The minimum Gasteiger partial charge on any atom is -0.320 e. The number of nitrogens with two attached hydrogens (primary N) is 1. The maximum Gasteiger partial charge on any atom is 0.242 e. The van der Waals surface area contributed by atoms with Crippen molar-refractivity contribution < 1.29 is 4.79 Å². The van der Waals surface area contributed by atoms with Crippen molar-refractivity contribution in [3.05, 3.63) is 12.3 Å². The topological polar surface area (TPSA) is 72.9 Å². The van der Waals surface area contributed by atoms with Gasteiger partial charge in [0.15, 0.2) is 0 Å². The van der Waals surface area contributed by atoms with Crippen LogP contribution in [0, 0.1) is 5.92 Å². The Hall–Kier alpha value is -1.36. The van der Waals surface area contributed by atoms with E-state index in [2.05, 4.69) is 10.4 Å². The largest absolute Gasteiger partial charge is 0.320 e. The molecule has 0 saturated heterocycles. The van der Waals surface area contributed by atoms with Gasteiger partial charge in [-0.3, -0.25) is 9.48 Å². The van der Waals surface area contributed by atoms with E-state index in [4.69, 9.17) is 5.73 Å². The Morgan fingerprint density at radius 3 is 2.87 bits per heavy atom. The van der Waals surface area contributed by atoms with Crippen molar-refractivity contribution in [3.63, 3.8) is 0 Å². The summed E-state index contributed by atoms with van der Waals surface area (Å²) in [7, 11) is 1.77. The summed E-state index contributed by atoms with van der Waals surface area (Å²) < 4.78 is 1.60. The first-order valence-corrected chi connectivity index (χ1v) is 5.10. The molecular formula is C10H18N4O. The fraction of sp³-hybridized carbons (Fsp3) is 0.600. The Morgan fingerprint density at radius 2 is 2.40 bits per heavy atom. The molecule has 1 unspecified atom stereocenters. The number of aryl methyl sites for hydroxylation is 1. The lowest BCUT2D eigenvalue weighted by atomic mass is 9.99. The molecule has 0 fully saturated rings. The second-order valence-electron chi connectivity index (χ2n) is 3.74. The highest BCUT2D eigenvalue weighted by molar-refractivity contribution is 5.94. The molecule has 0 aromatic carbocycles. The number of rotatable bonds is 4. The normalized spacial score (nSPS) is 14.7. The fourth-order valence-electron chi connectivity index (χ4n) is 1.22. The van der Waals surface area contributed by atoms with Crippen molar-refractivity contribution in [3.8, 4) is 0 Å². The number of hydrogen-bond acceptors (Lipinski definition) is 3. The SMILES string of the molecule is CCC(C)[C@H](N)C(=O)Nc1ccnn1C. The van der Waals surface area contributed by atoms with Crippen LogP contribution in [0.4, 0.5) is 5.82 Å². The van der Waals surface area contributed by atoms with Gasteiger partial charge in [-0.15, -0.1) is 0 Å². The molecule has 15 heavy (non-hydrogen) atoms. The van der Waals surface area contributed by atoms with Crippen LogP contribution in [0.1, 0.15) is 20.3 Å². The van der Waals surface area contributed by atoms with Gasteiger partial charge in [-0.1, -0.05) is 20.3 Å². The molecule has 0 aliphatic rings. The van der Waals surface area contributed by atoms with E-state index in [0.29, 0.717) is 5.82 Å². The lowest BCUT2D eigenvalue weighted by Crippen LogP contribution is -2.40. The van der Waals surface area contributed by atoms with Crippen LogP contribution in [0.25, 0.3) is 0 Å². The van der Waals surface area contributed by atoms with Gasteiger partial charge in [0.1, 0.15) is 5.82 Å². The van der Waals surface area contributed by atoms with Crippen molar-refractivity contribution in [2.75, 3.05) is 5.32 Å². The highest BCUT2D eigenvalue weighted by Crippen LogP contribution is 2.09.